The first-order valence-corrected chi connectivity index (χ1v) is 11.4. The van der Waals surface area contributed by atoms with Gasteiger partial charge in [-0.3, -0.25) is 4.79 Å². The van der Waals surface area contributed by atoms with Crippen LogP contribution < -0.4 is 5.32 Å². The second-order valence-electron chi connectivity index (χ2n) is 7.28. The average Bonchev–Trinajstić information content (AvgIpc) is 3.56. The highest BCUT2D eigenvalue weighted by molar-refractivity contribution is 7.13. The minimum Gasteiger partial charge on any atom is -0.356 e. The van der Waals surface area contributed by atoms with Crippen LogP contribution >= 0.6 is 11.3 Å². The Kier molecular flexibility index (Phi) is 7.23. The van der Waals surface area contributed by atoms with Crippen LogP contribution in [0.1, 0.15) is 37.1 Å². The van der Waals surface area contributed by atoms with Gasteiger partial charge in [-0.05, 0) is 48.4 Å². The van der Waals surface area contributed by atoms with Crippen molar-refractivity contribution in [1.82, 2.24) is 25.2 Å². The summed E-state index contributed by atoms with van der Waals surface area (Å²) in [5, 5.41) is 13.4. The molecular weight excluding hydrogens is 410 g/mol. The number of para-hydroxylation sites is 1. The number of aromatic nitrogens is 4. The summed E-state index contributed by atoms with van der Waals surface area (Å²) in [5.41, 5.74) is 2.07. The highest BCUT2D eigenvalue weighted by atomic mass is 32.1. The minimum atomic E-state index is 0.0740. The molecule has 0 radical (unpaired) electrons. The molecule has 7 nitrogen and oxygen atoms in total. The Morgan fingerprint density at radius 1 is 1.06 bits per heavy atom. The van der Waals surface area contributed by atoms with Crippen molar-refractivity contribution in [3.05, 3.63) is 71.7 Å². The molecule has 3 heterocycles. The molecule has 0 atom stereocenters. The normalized spacial score (nSPS) is 11.0. The molecule has 1 amide bonds. The zero-order chi connectivity index (χ0) is 21.3. The van der Waals surface area contributed by atoms with Crippen LogP contribution in [0.3, 0.4) is 0 Å². The summed E-state index contributed by atoms with van der Waals surface area (Å²) in [6, 6.07) is 13.9. The lowest BCUT2D eigenvalue weighted by Gasteiger charge is -2.04. The molecule has 1 N–H and O–H groups in total. The van der Waals surface area contributed by atoms with Crippen LogP contribution in [0.2, 0.25) is 0 Å². The summed E-state index contributed by atoms with van der Waals surface area (Å²) in [7, 11) is 0. The molecule has 4 rings (SSSR count). The largest absolute Gasteiger partial charge is 0.356 e. The van der Waals surface area contributed by atoms with Crippen LogP contribution in [-0.4, -0.2) is 32.4 Å². The molecule has 0 fully saturated rings. The predicted octanol–water partition coefficient (Wildman–Crippen LogP) is 4.45. The number of hydrogen-bond donors (Lipinski definition) is 1. The number of nitrogens with zero attached hydrogens (tertiary/aromatic N) is 4. The van der Waals surface area contributed by atoms with Crippen molar-refractivity contribution in [3.8, 4) is 16.4 Å². The lowest BCUT2D eigenvalue weighted by atomic mass is 10.1. The van der Waals surface area contributed by atoms with Gasteiger partial charge >= 0.3 is 0 Å². The number of thiophene rings is 1. The molecular formula is C23H25N5O2S. The molecule has 0 unspecified atom stereocenters. The van der Waals surface area contributed by atoms with E-state index in [1.54, 1.807) is 11.3 Å². The van der Waals surface area contributed by atoms with Crippen molar-refractivity contribution in [1.29, 1.82) is 0 Å². The Labute approximate surface area is 185 Å². The number of carbonyl (C=O) groups excluding carboxylic acids is 1. The van der Waals surface area contributed by atoms with E-state index in [0.29, 0.717) is 31.1 Å². The van der Waals surface area contributed by atoms with E-state index in [1.165, 1.54) is 0 Å². The van der Waals surface area contributed by atoms with Gasteiger partial charge in [0, 0.05) is 25.6 Å². The van der Waals surface area contributed by atoms with Gasteiger partial charge in [-0.25, -0.2) is 4.68 Å². The fourth-order valence-electron chi connectivity index (χ4n) is 3.23. The zero-order valence-corrected chi connectivity index (χ0v) is 18.1. The Balaban J connectivity index is 1.08. The maximum Gasteiger partial charge on any atom is 0.226 e. The highest BCUT2D eigenvalue weighted by Crippen LogP contribution is 2.21. The van der Waals surface area contributed by atoms with E-state index >= 15 is 0 Å². The SMILES string of the molecule is O=C(CCc1cnn(-c2ccccc2)c1)NCCCCCc1nc(-c2cccs2)no1. The van der Waals surface area contributed by atoms with Gasteiger partial charge in [-0.2, -0.15) is 10.1 Å². The molecule has 1 aromatic carbocycles. The third-order valence-electron chi connectivity index (χ3n) is 4.90. The summed E-state index contributed by atoms with van der Waals surface area (Å²) >= 11 is 1.60. The van der Waals surface area contributed by atoms with Crippen molar-refractivity contribution in [2.75, 3.05) is 6.54 Å². The maximum atomic E-state index is 12.1. The number of aryl methyl sites for hydroxylation is 2. The monoisotopic (exact) mass is 435 g/mol. The Morgan fingerprint density at radius 3 is 2.81 bits per heavy atom. The van der Waals surface area contributed by atoms with E-state index in [-0.39, 0.29) is 5.91 Å². The standard InChI is InChI=1S/C23H25N5O2S/c29-21(13-12-18-16-25-28(17-18)19-8-3-1-4-9-19)24-14-6-2-5-11-22-26-23(27-30-22)20-10-7-15-31-20/h1,3-4,7-10,15-17H,2,5-6,11-14H2,(H,24,29). The molecule has 8 heteroatoms. The molecule has 0 bridgehead atoms. The van der Waals surface area contributed by atoms with Gasteiger partial charge in [0.25, 0.3) is 0 Å². The molecule has 4 aromatic rings. The van der Waals surface area contributed by atoms with Crippen molar-refractivity contribution in [2.45, 2.75) is 38.5 Å². The maximum absolute atomic E-state index is 12.1. The van der Waals surface area contributed by atoms with Crippen molar-refractivity contribution in [2.24, 2.45) is 0 Å². The fourth-order valence-corrected chi connectivity index (χ4v) is 3.87. The van der Waals surface area contributed by atoms with Crippen LogP contribution in [-0.2, 0) is 17.6 Å². The first kappa shape index (κ1) is 21.0. The molecule has 0 aliphatic carbocycles. The first-order valence-electron chi connectivity index (χ1n) is 10.5. The number of hydrogen-bond acceptors (Lipinski definition) is 6. The van der Waals surface area contributed by atoms with Gasteiger partial charge in [0.1, 0.15) is 0 Å². The van der Waals surface area contributed by atoms with E-state index in [9.17, 15) is 4.79 Å². The van der Waals surface area contributed by atoms with Crippen molar-refractivity contribution >= 4 is 17.2 Å². The van der Waals surface area contributed by atoms with Gasteiger partial charge in [0.2, 0.25) is 17.6 Å². The van der Waals surface area contributed by atoms with Gasteiger partial charge in [0.05, 0.1) is 16.8 Å². The van der Waals surface area contributed by atoms with Gasteiger partial charge < -0.3 is 9.84 Å². The molecule has 31 heavy (non-hydrogen) atoms. The van der Waals surface area contributed by atoms with E-state index in [0.717, 1.165) is 41.8 Å². The Bertz CT molecular complexity index is 1070. The van der Waals surface area contributed by atoms with E-state index in [4.69, 9.17) is 4.52 Å². The fraction of sp³-hybridized carbons (Fsp3) is 0.304. The molecule has 160 valence electrons. The number of unbranched alkanes of at least 4 members (excludes halogenated alkanes) is 2. The topological polar surface area (TPSA) is 85.8 Å². The molecule has 0 aliphatic heterocycles. The average molecular weight is 436 g/mol. The number of rotatable bonds is 11. The third-order valence-corrected chi connectivity index (χ3v) is 5.76. The second-order valence-corrected chi connectivity index (χ2v) is 8.23. The molecule has 0 saturated heterocycles. The number of nitrogens with one attached hydrogen (secondary N) is 1. The molecule has 3 aromatic heterocycles. The number of carbonyl (C=O) groups is 1. The Morgan fingerprint density at radius 2 is 1.97 bits per heavy atom. The lowest BCUT2D eigenvalue weighted by Crippen LogP contribution is -2.24. The van der Waals surface area contributed by atoms with Gasteiger partial charge in [-0.1, -0.05) is 35.8 Å². The zero-order valence-electron chi connectivity index (χ0n) is 17.2. The van der Waals surface area contributed by atoms with Crippen LogP contribution in [0.5, 0.6) is 0 Å². The Hall–Kier alpha value is -3.26. The third kappa shape index (κ3) is 6.11. The molecule has 0 spiro atoms. The number of amides is 1. The summed E-state index contributed by atoms with van der Waals surface area (Å²) in [6.07, 6.45) is 8.60. The van der Waals surface area contributed by atoms with Crippen molar-refractivity contribution in [3.63, 3.8) is 0 Å². The predicted molar refractivity (Wildman–Crippen MR) is 120 cm³/mol. The minimum absolute atomic E-state index is 0.0740. The summed E-state index contributed by atoms with van der Waals surface area (Å²) in [4.78, 5) is 17.5. The second kappa shape index (κ2) is 10.7. The van der Waals surface area contributed by atoms with E-state index in [1.807, 2.05) is 64.9 Å². The summed E-state index contributed by atoms with van der Waals surface area (Å²) in [5.74, 6) is 1.40. The van der Waals surface area contributed by atoms with Gasteiger partial charge in [0.15, 0.2) is 0 Å². The molecule has 0 aliphatic rings. The van der Waals surface area contributed by atoms with Crippen LogP contribution in [0.25, 0.3) is 16.4 Å². The first-order chi connectivity index (χ1) is 15.3. The van der Waals surface area contributed by atoms with E-state index in [2.05, 4.69) is 20.6 Å². The lowest BCUT2D eigenvalue weighted by molar-refractivity contribution is -0.121. The quantitative estimate of drug-likeness (QED) is 0.352. The van der Waals surface area contributed by atoms with Crippen LogP contribution in [0, 0.1) is 0 Å². The molecule has 0 saturated carbocycles. The van der Waals surface area contributed by atoms with Crippen LogP contribution in [0.4, 0.5) is 0 Å². The smallest absolute Gasteiger partial charge is 0.226 e. The highest BCUT2D eigenvalue weighted by Gasteiger charge is 2.09. The van der Waals surface area contributed by atoms with E-state index < -0.39 is 0 Å². The van der Waals surface area contributed by atoms with Crippen molar-refractivity contribution < 1.29 is 9.32 Å². The summed E-state index contributed by atoms with van der Waals surface area (Å²) in [6.45, 7) is 0.687. The summed E-state index contributed by atoms with van der Waals surface area (Å²) < 4.78 is 7.14. The van der Waals surface area contributed by atoms with Crippen LogP contribution in [0.15, 0.2) is 64.8 Å². The van der Waals surface area contributed by atoms with Gasteiger partial charge in [-0.15, -0.1) is 11.3 Å². The number of benzene rings is 1.